The summed E-state index contributed by atoms with van der Waals surface area (Å²) in [5, 5.41) is 3.30. The Balaban J connectivity index is 0.00000240. The van der Waals surface area contributed by atoms with Gasteiger partial charge in [0.05, 0.1) is 33.0 Å². The lowest BCUT2D eigenvalue weighted by atomic mass is 10.3. The van der Waals surface area contributed by atoms with Gasteiger partial charge in [-0.25, -0.2) is 0 Å². The van der Waals surface area contributed by atoms with Crippen molar-refractivity contribution < 1.29 is 14.2 Å². The average Bonchev–Trinajstić information content (AvgIpc) is 2.76. The standard InChI is InChI=1S/C19H26N6O3.ClH/c1-2-28-16-5-3-15(4-6-16)20-17-21-18(24-7-11-26-12-8-24)23-19(22-17)25-9-13-27-14-10-25;/h3-6H,2,7-14H2,1H3,(H,20,21,22,23);1H. The van der Waals surface area contributed by atoms with E-state index < -0.39 is 0 Å². The number of benzene rings is 1. The highest BCUT2D eigenvalue weighted by Crippen LogP contribution is 2.22. The van der Waals surface area contributed by atoms with E-state index in [0.717, 1.165) is 37.6 Å². The van der Waals surface area contributed by atoms with Gasteiger partial charge in [0.1, 0.15) is 5.75 Å². The molecule has 0 saturated carbocycles. The van der Waals surface area contributed by atoms with Crippen molar-refractivity contribution in [2.75, 3.05) is 74.3 Å². The maximum Gasteiger partial charge on any atom is 0.233 e. The van der Waals surface area contributed by atoms with E-state index >= 15 is 0 Å². The third-order valence-electron chi connectivity index (χ3n) is 4.62. The normalized spacial score (nSPS) is 16.9. The number of hydrogen-bond acceptors (Lipinski definition) is 9. The summed E-state index contributed by atoms with van der Waals surface area (Å²) < 4.78 is 16.4. The van der Waals surface area contributed by atoms with E-state index in [1.54, 1.807) is 0 Å². The highest BCUT2D eigenvalue weighted by atomic mass is 35.5. The Morgan fingerprint density at radius 1 is 0.862 bits per heavy atom. The van der Waals surface area contributed by atoms with Crippen LogP contribution in [-0.2, 0) is 9.47 Å². The molecule has 3 heterocycles. The van der Waals surface area contributed by atoms with Gasteiger partial charge in [0.2, 0.25) is 17.8 Å². The summed E-state index contributed by atoms with van der Waals surface area (Å²) in [6.45, 7) is 8.43. The third-order valence-corrected chi connectivity index (χ3v) is 4.62. The molecule has 2 fully saturated rings. The Hall–Kier alpha value is -2.36. The van der Waals surface area contributed by atoms with Crippen molar-refractivity contribution in [2.24, 2.45) is 0 Å². The minimum Gasteiger partial charge on any atom is -0.494 e. The van der Waals surface area contributed by atoms with Crippen molar-refractivity contribution in [1.29, 1.82) is 0 Å². The van der Waals surface area contributed by atoms with Gasteiger partial charge in [-0.3, -0.25) is 0 Å². The number of rotatable bonds is 6. The zero-order chi connectivity index (χ0) is 19.2. The van der Waals surface area contributed by atoms with E-state index in [4.69, 9.17) is 19.2 Å². The molecule has 0 atom stereocenters. The molecule has 0 spiro atoms. The molecule has 1 aromatic heterocycles. The minimum atomic E-state index is 0. The first kappa shape index (κ1) is 21.4. The summed E-state index contributed by atoms with van der Waals surface area (Å²) in [5.41, 5.74) is 0.899. The molecule has 0 bridgehead atoms. The van der Waals surface area contributed by atoms with E-state index in [-0.39, 0.29) is 12.4 Å². The molecule has 9 nitrogen and oxygen atoms in total. The van der Waals surface area contributed by atoms with Gasteiger partial charge >= 0.3 is 0 Å². The fourth-order valence-electron chi connectivity index (χ4n) is 3.15. The van der Waals surface area contributed by atoms with Crippen molar-refractivity contribution in [3.05, 3.63) is 24.3 Å². The lowest BCUT2D eigenvalue weighted by Crippen LogP contribution is -2.40. The van der Waals surface area contributed by atoms with Gasteiger partial charge in [-0.05, 0) is 31.2 Å². The Kier molecular flexibility index (Phi) is 7.68. The number of aromatic nitrogens is 3. The molecule has 29 heavy (non-hydrogen) atoms. The van der Waals surface area contributed by atoms with Crippen LogP contribution in [0.4, 0.5) is 23.5 Å². The first-order valence-electron chi connectivity index (χ1n) is 9.73. The zero-order valence-corrected chi connectivity index (χ0v) is 17.4. The molecule has 2 aromatic rings. The number of ether oxygens (including phenoxy) is 3. The Morgan fingerprint density at radius 3 is 1.86 bits per heavy atom. The molecule has 2 aliphatic heterocycles. The lowest BCUT2D eigenvalue weighted by molar-refractivity contribution is 0.121. The van der Waals surface area contributed by atoms with Crippen LogP contribution in [0.3, 0.4) is 0 Å². The molecule has 158 valence electrons. The van der Waals surface area contributed by atoms with Crippen LogP contribution in [0.5, 0.6) is 5.75 Å². The van der Waals surface area contributed by atoms with Gasteiger partial charge in [0.15, 0.2) is 0 Å². The number of nitrogens with one attached hydrogen (secondary N) is 1. The molecule has 0 aliphatic carbocycles. The second-order valence-corrected chi connectivity index (χ2v) is 6.54. The quantitative estimate of drug-likeness (QED) is 0.752. The van der Waals surface area contributed by atoms with Gasteiger partial charge in [0, 0.05) is 31.9 Å². The van der Waals surface area contributed by atoms with Crippen LogP contribution in [0.1, 0.15) is 6.92 Å². The summed E-state index contributed by atoms with van der Waals surface area (Å²) in [5.74, 6) is 2.72. The van der Waals surface area contributed by atoms with E-state index in [1.807, 2.05) is 31.2 Å². The number of morpholine rings is 2. The van der Waals surface area contributed by atoms with E-state index in [2.05, 4.69) is 25.1 Å². The molecule has 2 saturated heterocycles. The summed E-state index contributed by atoms with van der Waals surface area (Å²) >= 11 is 0. The average molecular weight is 423 g/mol. The largest absolute Gasteiger partial charge is 0.494 e. The Labute approximate surface area is 176 Å². The van der Waals surface area contributed by atoms with Crippen LogP contribution in [0.15, 0.2) is 24.3 Å². The summed E-state index contributed by atoms with van der Waals surface area (Å²) in [4.78, 5) is 18.3. The van der Waals surface area contributed by atoms with Crippen LogP contribution in [0.25, 0.3) is 0 Å². The number of halogens is 1. The SMILES string of the molecule is CCOc1ccc(Nc2nc(N3CCOCC3)nc(N3CCOCC3)n2)cc1.Cl. The second-order valence-electron chi connectivity index (χ2n) is 6.54. The number of anilines is 4. The molecule has 10 heteroatoms. The van der Waals surface area contributed by atoms with Crippen LogP contribution in [-0.4, -0.2) is 74.2 Å². The van der Waals surface area contributed by atoms with Crippen LogP contribution >= 0.6 is 12.4 Å². The molecule has 1 N–H and O–H groups in total. The Bertz CT molecular complexity index is 731. The van der Waals surface area contributed by atoms with Gasteiger partial charge in [0.25, 0.3) is 0 Å². The van der Waals surface area contributed by atoms with Crippen LogP contribution in [0, 0.1) is 0 Å². The van der Waals surface area contributed by atoms with Gasteiger partial charge in [-0.1, -0.05) is 0 Å². The van der Waals surface area contributed by atoms with Gasteiger partial charge < -0.3 is 29.3 Å². The topological polar surface area (TPSA) is 84.9 Å². The van der Waals surface area contributed by atoms with Crippen molar-refractivity contribution in [1.82, 2.24) is 15.0 Å². The first-order chi connectivity index (χ1) is 13.8. The molecule has 0 amide bonds. The first-order valence-corrected chi connectivity index (χ1v) is 9.73. The molecule has 1 aromatic carbocycles. The Morgan fingerprint density at radius 2 is 1.38 bits per heavy atom. The van der Waals surface area contributed by atoms with Crippen molar-refractivity contribution >= 4 is 35.9 Å². The van der Waals surface area contributed by atoms with E-state index in [1.165, 1.54) is 0 Å². The van der Waals surface area contributed by atoms with Gasteiger partial charge in [-0.15, -0.1) is 12.4 Å². The van der Waals surface area contributed by atoms with E-state index in [0.29, 0.717) is 50.9 Å². The molecular formula is C19H27ClN6O3. The zero-order valence-electron chi connectivity index (χ0n) is 16.5. The number of hydrogen-bond donors (Lipinski definition) is 1. The van der Waals surface area contributed by atoms with E-state index in [9.17, 15) is 0 Å². The smallest absolute Gasteiger partial charge is 0.233 e. The van der Waals surface area contributed by atoms with Gasteiger partial charge in [-0.2, -0.15) is 15.0 Å². The molecule has 2 aliphatic rings. The predicted molar refractivity (Wildman–Crippen MR) is 114 cm³/mol. The summed E-state index contributed by atoms with van der Waals surface area (Å²) in [7, 11) is 0. The fraction of sp³-hybridized carbons (Fsp3) is 0.526. The number of nitrogens with zero attached hydrogens (tertiary/aromatic N) is 5. The van der Waals surface area contributed by atoms with Crippen LogP contribution in [0.2, 0.25) is 0 Å². The second kappa shape index (κ2) is 10.4. The highest BCUT2D eigenvalue weighted by molar-refractivity contribution is 5.85. The predicted octanol–water partition coefficient (Wildman–Crippen LogP) is 2.11. The van der Waals surface area contributed by atoms with Crippen molar-refractivity contribution in [3.8, 4) is 5.75 Å². The molecule has 0 unspecified atom stereocenters. The minimum absolute atomic E-state index is 0. The maximum absolute atomic E-state index is 5.50. The summed E-state index contributed by atoms with van der Waals surface area (Å²) in [6, 6.07) is 7.77. The lowest BCUT2D eigenvalue weighted by Gasteiger charge is -2.30. The molecule has 4 rings (SSSR count). The monoisotopic (exact) mass is 422 g/mol. The molecular weight excluding hydrogens is 396 g/mol. The fourth-order valence-corrected chi connectivity index (χ4v) is 3.15. The summed E-state index contributed by atoms with van der Waals surface area (Å²) in [6.07, 6.45) is 0. The third kappa shape index (κ3) is 5.59. The molecule has 0 radical (unpaired) electrons. The van der Waals surface area contributed by atoms with Crippen molar-refractivity contribution in [3.63, 3.8) is 0 Å². The van der Waals surface area contributed by atoms with Crippen molar-refractivity contribution in [2.45, 2.75) is 6.92 Å². The highest BCUT2D eigenvalue weighted by Gasteiger charge is 2.20. The van der Waals surface area contributed by atoms with Crippen LogP contribution < -0.4 is 19.9 Å². The maximum atomic E-state index is 5.50.